The highest BCUT2D eigenvalue weighted by Crippen LogP contribution is 2.36. The maximum absolute atomic E-state index is 13.6. The number of ether oxygens (including phenoxy) is 2. The molecule has 1 saturated carbocycles. The highest BCUT2D eigenvalue weighted by molar-refractivity contribution is 6.32. The first-order valence-electron chi connectivity index (χ1n) is 14.7. The van der Waals surface area contributed by atoms with Crippen LogP contribution in [0.25, 0.3) is 0 Å². The van der Waals surface area contributed by atoms with E-state index in [1.807, 2.05) is 36.4 Å². The minimum absolute atomic E-state index is 0.0561. The van der Waals surface area contributed by atoms with Gasteiger partial charge in [0.15, 0.2) is 0 Å². The van der Waals surface area contributed by atoms with Crippen LogP contribution in [0.3, 0.4) is 0 Å². The largest absolute Gasteiger partial charge is 0.489 e. The number of anilines is 1. The number of amides is 1. The zero-order valence-electron chi connectivity index (χ0n) is 23.4. The molecule has 3 fully saturated rings. The molecule has 3 aliphatic rings. The van der Waals surface area contributed by atoms with Gasteiger partial charge in [-0.15, -0.1) is 0 Å². The van der Waals surface area contributed by atoms with E-state index in [9.17, 15) is 9.90 Å². The average molecular weight is 612 g/mol. The molecule has 222 valence electrons. The molecule has 3 heterocycles. The number of halogens is 2. The lowest BCUT2D eigenvalue weighted by atomic mass is 10.00. The summed E-state index contributed by atoms with van der Waals surface area (Å²) in [5.74, 6) is 1.34. The van der Waals surface area contributed by atoms with Crippen LogP contribution >= 0.6 is 23.2 Å². The SMILES string of the molecule is O=C(N[C@H](CN1CCCC1)[C@H](O)c1ccc(OC2CC2)c(Cl)c1)[C@@H]1CCN(c2ccc(Cl)c(Oc3ccccn3)c2)C1. The van der Waals surface area contributed by atoms with Crippen molar-refractivity contribution in [3.8, 4) is 17.4 Å². The summed E-state index contributed by atoms with van der Waals surface area (Å²) in [5.41, 5.74) is 1.60. The topological polar surface area (TPSA) is 87.2 Å². The molecule has 1 amide bonds. The summed E-state index contributed by atoms with van der Waals surface area (Å²) in [6.45, 7) is 3.78. The number of aromatic nitrogens is 1. The van der Waals surface area contributed by atoms with Gasteiger partial charge in [0.1, 0.15) is 17.6 Å². The van der Waals surface area contributed by atoms with Crippen LogP contribution < -0.4 is 19.7 Å². The van der Waals surface area contributed by atoms with E-state index in [-0.39, 0.29) is 17.9 Å². The summed E-state index contributed by atoms with van der Waals surface area (Å²) in [6.07, 6.45) is 6.04. The Morgan fingerprint density at radius 3 is 2.57 bits per heavy atom. The predicted octanol–water partition coefficient (Wildman–Crippen LogP) is 5.86. The molecule has 1 aromatic heterocycles. The lowest BCUT2D eigenvalue weighted by molar-refractivity contribution is -0.126. The van der Waals surface area contributed by atoms with Crippen LogP contribution in [-0.4, -0.2) is 65.8 Å². The van der Waals surface area contributed by atoms with Gasteiger partial charge in [0.25, 0.3) is 0 Å². The number of aliphatic hydroxyl groups excluding tert-OH is 1. The molecule has 8 nitrogen and oxygen atoms in total. The van der Waals surface area contributed by atoms with Crippen LogP contribution in [0.4, 0.5) is 5.69 Å². The number of likely N-dealkylation sites (tertiary alicyclic amines) is 1. The third kappa shape index (κ3) is 7.11. The molecule has 2 aromatic carbocycles. The normalized spacial score (nSPS) is 20.4. The minimum Gasteiger partial charge on any atom is -0.489 e. The number of nitrogens with one attached hydrogen (secondary N) is 1. The monoisotopic (exact) mass is 610 g/mol. The molecule has 0 bridgehead atoms. The Morgan fingerprint density at radius 2 is 1.83 bits per heavy atom. The molecule has 2 N–H and O–H groups in total. The van der Waals surface area contributed by atoms with E-state index in [2.05, 4.69) is 20.1 Å². The molecule has 3 aromatic rings. The maximum atomic E-state index is 13.6. The third-order valence-corrected chi connectivity index (χ3v) is 8.78. The van der Waals surface area contributed by atoms with Crippen LogP contribution in [0, 0.1) is 5.92 Å². The second-order valence-corrected chi connectivity index (χ2v) is 12.2. The van der Waals surface area contributed by atoms with E-state index < -0.39 is 12.1 Å². The smallest absolute Gasteiger partial charge is 0.225 e. The first-order valence-corrected chi connectivity index (χ1v) is 15.5. The maximum Gasteiger partial charge on any atom is 0.225 e. The molecule has 0 unspecified atom stereocenters. The second kappa shape index (κ2) is 13.1. The molecule has 6 rings (SSSR count). The fraction of sp³-hybridized carbons (Fsp3) is 0.438. The van der Waals surface area contributed by atoms with E-state index in [1.54, 1.807) is 24.4 Å². The minimum atomic E-state index is -0.901. The Morgan fingerprint density at radius 1 is 1.00 bits per heavy atom. The zero-order valence-corrected chi connectivity index (χ0v) is 24.9. The van der Waals surface area contributed by atoms with Crippen molar-refractivity contribution in [1.82, 2.24) is 15.2 Å². The number of nitrogens with zero attached hydrogens (tertiary/aromatic N) is 3. The Kier molecular flexibility index (Phi) is 9.05. The molecule has 1 aliphatic carbocycles. The predicted molar refractivity (Wildman–Crippen MR) is 164 cm³/mol. The van der Waals surface area contributed by atoms with Crippen molar-refractivity contribution < 1.29 is 19.4 Å². The van der Waals surface area contributed by atoms with Crippen LogP contribution in [0.1, 0.15) is 43.8 Å². The fourth-order valence-corrected chi connectivity index (χ4v) is 6.05. The van der Waals surface area contributed by atoms with Crippen molar-refractivity contribution in [1.29, 1.82) is 0 Å². The third-order valence-electron chi connectivity index (χ3n) is 8.17. The van der Waals surface area contributed by atoms with Crippen LogP contribution in [0.2, 0.25) is 10.0 Å². The van der Waals surface area contributed by atoms with Crippen molar-refractivity contribution in [2.75, 3.05) is 37.6 Å². The van der Waals surface area contributed by atoms with Gasteiger partial charge >= 0.3 is 0 Å². The number of hydrogen-bond acceptors (Lipinski definition) is 7. The number of carbonyl (C=O) groups is 1. The second-order valence-electron chi connectivity index (χ2n) is 11.4. The van der Waals surface area contributed by atoms with Crippen molar-refractivity contribution in [2.24, 2.45) is 5.92 Å². The van der Waals surface area contributed by atoms with Gasteiger partial charge in [-0.1, -0.05) is 35.3 Å². The molecule has 3 atom stereocenters. The zero-order chi connectivity index (χ0) is 29.1. The van der Waals surface area contributed by atoms with Gasteiger partial charge in [-0.2, -0.15) is 0 Å². The number of hydrogen-bond donors (Lipinski definition) is 2. The molecular formula is C32H36Cl2N4O4. The van der Waals surface area contributed by atoms with Gasteiger partial charge in [0.2, 0.25) is 11.8 Å². The van der Waals surface area contributed by atoms with Gasteiger partial charge in [-0.25, -0.2) is 4.98 Å². The molecular weight excluding hydrogens is 575 g/mol. The van der Waals surface area contributed by atoms with E-state index >= 15 is 0 Å². The van der Waals surface area contributed by atoms with Crippen molar-refractivity contribution in [3.05, 3.63) is 76.4 Å². The van der Waals surface area contributed by atoms with Crippen LogP contribution in [0.15, 0.2) is 60.8 Å². The van der Waals surface area contributed by atoms with Crippen molar-refractivity contribution in [3.63, 3.8) is 0 Å². The molecule has 0 radical (unpaired) electrons. The summed E-state index contributed by atoms with van der Waals surface area (Å²) in [5, 5.41) is 15.6. The fourth-order valence-electron chi connectivity index (χ4n) is 5.66. The Hall–Kier alpha value is -3.04. The van der Waals surface area contributed by atoms with Crippen LogP contribution in [0.5, 0.6) is 17.4 Å². The first-order chi connectivity index (χ1) is 20.4. The summed E-state index contributed by atoms with van der Waals surface area (Å²) in [4.78, 5) is 22.3. The first kappa shape index (κ1) is 29.1. The molecule has 2 saturated heterocycles. The highest BCUT2D eigenvalue weighted by atomic mass is 35.5. The van der Waals surface area contributed by atoms with E-state index in [4.69, 9.17) is 32.7 Å². The van der Waals surface area contributed by atoms with Crippen LogP contribution in [-0.2, 0) is 4.79 Å². The van der Waals surface area contributed by atoms with E-state index in [1.165, 1.54) is 0 Å². The van der Waals surface area contributed by atoms with Crippen molar-refractivity contribution in [2.45, 2.75) is 50.4 Å². The van der Waals surface area contributed by atoms with E-state index in [0.29, 0.717) is 52.5 Å². The van der Waals surface area contributed by atoms with Gasteiger partial charge in [0, 0.05) is 43.7 Å². The lowest BCUT2D eigenvalue weighted by Crippen LogP contribution is -2.48. The summed E-state index contributed by atoms with van der Waals surface area (Å²) < 4.78 is 11.8. The van der Waals surface area contributed by atoms with Crippen molar-refractivity contribution >= 4 is 34.8 Å². The summed E-state index contributed by atoms with van der Waals surface area (Å²) in [6, 6.07) is 16.0. The van der Waals surface area contributed by atoms with Gasteiger partial charge in [-0.3, -0.25) is 4.79 Å². The Labute approximate surface area is 256 Å². The van der Waals surface area contributed by atoms with E-state index in [0.717, 1.165) is 51.0 Å². The number of aliphatic hydroxyl groups is 1. The number of carbonyl (C=O) groups excluding carboxylic acids is 1. The number of rotatable bonds is 11. The van der Waals surface area contributed by atoms with Gasteiger partial charge in [-0.05, 0) is 81.1 Å². The number of benzene rings is 2. The molecule has 0 spiro atoms. The summed E-state index contributed by atoms with van der Waals surface area (Å²) >= 11 is 12.9. The highest BCUT2D eigenvalue weighted by Gasteiger charge is 2.33. The molecule has 2 aliphatic heterocycles. The standard InChI is InChI=1S/C32H36Cl2N4O4/c33-25-10-7-23(18-29(25)42-30-5-1-2-13-35-30)38-16-12-22(19-38)32(40)36-27(20-37-14-3-4-15-37)31(39)21-6-11-28(26(34)17-21)41-24-8-9-24/h1-2,5-7,10-11,13,17-18,22,24,27,31,39H,3-4,8-9,12,14-16,19-20H2,(H,36,40)/t22-,27-,31-/m1/s1. The van der Waals surface area contributed by atoms with Gasteiger partial charge in [0.05, 0.1) is 28.1 Å². The lowest BCUT2D eigenvalue weighted by Gasteiger charge is -2.30. The Balaban J connectivity index is 1.12. The molecule has 42 heavy (non-hydrogen) atoms. The summed E-state index contributed by atoms with van der Waals surface area (Å²) in [7, 11) is 0. The van der Waals surface area contributed by atoms with Gasteiger partial charge < -0.3 is 29.7 Å². The number of pyridine rings is 1. The Bertz CT molecular complexity index is 1380. The average Bonchev–Trinajstić information content (AvgIpc) is 3.42. The molecule has 10 heteroatoms. The quantitative estimate of drug-likeness (QED) is 0.281.